The fourth-order valence-electron chi connectivity index (χ4n) is 2.49. The molecule has 0 fully saturated rings. The molecule has 9 nitrogen and oxygen atoms in total. The monoisotopic (exact) mass is 374 g/mol. The van der Waals surface area contributed by atoms with Crippen LogP contribution < -0.4 is 16.5 Å². The highest BCUT2D eigenvalue weighted by Crippen LogP contribution is 2.28. The molecular weight excluding hydrogens is 356 g/mol. The number of likely N-dealkylation sites (N-methyl/N-ethyl adjacent to an activating group) is 1. The van der Waals surface area contributed by atoms with Gasteiger partial charge < -0.3 is 16.5 Å². The molecule has 0 unspecified atom stereocenters. The van der Waals surface area contributed by atoms with Crippen LogP contribution >= 0.6 is 11.6 Å². The number of rotatable bonds is 5. The van der Waals surface area contributed by atoms with Crippen molar-refractivity contribution in [3.05, 3.63) is 29.8 Å². The molecule has 0 aromatic carbocycles. The number of amides is 1. The molecule has 0 aliphatic carbocycles. The van der Waals surface area contributed by atoms with Gasteiger partial charge in [0.1, 0.15) is 11.9 Å². The number of halogens is 1. The molecular formula is C16H19ClN8O. The summed E-state index contributed by atoms with van der Waals surface area (Å²) in [6.45, 7) is 5.89. The minimum absolute atomic E-state index is 0.156. The summed E-state index contributed by atoms with van der Waals surface area (Å²) in [4.78, 5) is 29.1. The van der Waals surface area contributed by atoms with Crippen LogP contribution in [0.2, 0.25) is 5.02 Å². The van der Waals surface area contributed by atoms with Crippen molar-refractivity contribution < 1.29 is 4.79 Å². The second-order valence-corrected chi connectivity index (χ2v) is 6.65. The molecule has 1 amide bonds. The molecule has 0 bridgehead atoms. The van der Waals surface area contributed by atoms with Crippen LogP contribution in [0.3, 0.4) is 0 Å². The molecule has 4 N–H and O–H groups in total. The van der Waals surface area contributed by atoms with Gasteiger partial charge in [-0.05, 0) is 26.8 Å². The predicted octanol–water partition coefficient (Wildman–Crippen LogP) is 1.58. The van der Waals surface area contributed by atoms with Crippen LogP contribution in [0.5, 0.6) is 0 Å². The summed E-state index contributed by atoms with van der Waals surface area (Å²) in [5, 5.41) is 7.00. The first-order valence-corrected chi connectivity index (χ1v) is 8.37. The van der Waals surface area contributed by atoms with E-state index in [0.717, 1.165) is 5.39 Å². The minimum Gasteiger partial charge on any atom is -0.354 e. The van der Waals surface area contributed by atoms with Crippen molar-refractivity contribution in [3.8, 4) is 11.4 Å². The van der Waals surface area contributed by atoms with Gasteiger partial charge in [0.2, 0.25) is 11.9 Å². The number of nitrogens with two attached hydrogens (primary N) is 1. The number of carbonyl (C=O) groups is 1. The number of anilines is 1. The molecule has 3 heterocycles. The maximum atomic E-state index is 12.2. The molecule has 0 atom stereocenters. The van der Waals surface area contributed by atoms with E-state index in [2.05, 4.69) is 30.6 Å². The van der Waals surface area contributed by atoms with E-state index in [1.54, 1.807) is 26.1 Å². The van der Waals surface area contributed by atoms with Crippen LogP contribution in [0, 0.1) is 0 Å². The maximum absolute atomic E-state index is 12.2. The number of carbonyl (C=O) groups excluding carboxylic acids is 1. The SMILES string of the molecule is CCNC(=O)C(C)(C)Nc1ncnc(-c2cn(N)c3ncc(Cl)cc23)n1. The van der Waals surface area contributed by atoms with E-state index >= 15 is 0 Å². The van der Waals surface area contributed by atoms with Crippen LogP contribution in [0.4, 0.5) is 5.95 Å². The van der Waals surface area contributed by atoms with Crippen LogP contribution in [-0.4, -0.2) is 42.6 Å². The Kier molecular flexibility index (Phi) is 4.64. The van der Waals surface area contributed by atoms with E-state index in [1.165, 1.54) is 17.2 Å². The van der Waals surface area contributed by atoms with Gasteiger partial charge >= 0.3 is 0 Å². The van der Waals surface area contributed by atoms with Crippen LogP contribution in [0.25, 0.3) is 22.4 Å². The Balaban J connectivity index is 1.98. The molecule has 0 saturated heterocycles. The topological polar surface area (TPSA) is 124 Å². The van der Waals surface area contributed by atoms with Gasteiger partial charge in [-0.15, -0.1) is 0 Å². The fraction of sp³-hybridized carbons (Fsp3) is 0.312. The predicted molar refractivity (Wildman–Crippen MR) is 100 cm³/mol. The summed E-state index contributed by atoms with van der Waals surface area (Å²) in [7, 11) is 0. The number of nitrogens with one attached hydrogen (secondary N) is 2. The zero-order valence-corrected chi connectivity index (χ0v) is 15.4. The molecule has 10 heteroatoms. The van der Waals surface area contributed by atoms with E-state index in [4.69, 9.17) is 17.4 Å². The Morgan fingerprint density at radius 3 is 2.85 bits per heavy atom. The number of hydrogen-bond donors (Lipinski definition) is 3. The third kappa shape index (κ3) is 3.38. The number of pyridine rings is 1. The van der Waals surface area contributed by atoms with Gasteiger partial charge in [0.05, 0.1) is 5.02 Å². The zero-order chi connectivity index (χ0) is 18.9. The van der Waals surface area contributed by atoms with E-state index in [9.17, 15) is 4.79 Å². The lowest BCUT2D eigenvalue weighted by Gasteiger charge is -2.24. The molecule has 3 aromatic heterocycles. The van der Waals surface area contributed by atoms with Gasteiger partial charge in [-0.1, -0.05) is 11.6 Å². The quantitative estimate of drug-likeness (QED) is 0.579. The van der Waals surface area contributed by atoms with Crippen LogP contribution in [0.1, 0.15) is 20.8 Å². The van der Waals surface area contributed by atoms with Crippen molar-refractivity contribution in [3.63, 3.8) is 0 Å². The van der Waals surface area contributed by atoms with Gasteiger partial charge in [-0.25, -0.2) is 15.0 Å². The minimum atomic E-state index is -0.888. The summed E-state index contributed by atoms with van der Waals surface area (Å²) >= 11 is 6.05. The molecule has 0 aliphatic rings. The summed E-state index contributed by atoms with van der Waals surface area (Å²) in [6, 6.07) is 1.75. The molecule has 0 radical (unpaired) electrons. The second kappa shape index (κ2) is 6.75. The Morgan fingerprint density at radius 1 is 1.35 bits per heavy atom. The third-order valence-corrected chi connectivity index (χ3v) is 3.98. The molecule has 3 aromatic rings. The van der Waals surface area contributed by atoms with Crippen molar-refractivity contribution >= 4 is 34.5 Å². The first kappa shape index (κ1) is 17.9. The van der Waals surface area contributed by atoms with Crippen molar-refractivity contribution in [2.24, 2.45) is 0 Å². The lowest BCUT2D eigenvalue weighted by molar-refractivity contribution is -0.124. The Morgan fingerprint density at radius 2 is 2.12 bits per heavy atom. The molecule has 26 heavy (non-hydrogen) atoms. The molecule has 0 aliphatic heterocycles. The van der Waals surface area contributed by atoms with E-state index in [0.29, 0.717) is 28.6 Å². The number of fused-ring (bicyclic) bond motifs is 1. The van der Waals surface area contributed by atoms with Crippen molar-refractivity contribution in [2.45, 2.75) is 26.3 Å². The lowest BCUT2D eigenvalue weighted by atomic mass is 10.1. The first-order valence-electron chi connectivity index (χ1n) is 7.99. The smallest absolute Gasteiger partial charge is 0.245 e. The van der Waals surface area contributed by atoms with Gasteiger partial charge in [0, 0.05) is 29.9 Å². The van der Waals surface area contributed by atoms with Gasteiger partial charge in [-0.3, -0.25) is 9.47 Å². The zero-order valence-electron chi connectivity index (χ0n) is 14.6. The summed E-state index contributed by atoms with van der Waals surface area (Å²) < 4.78 is 1.39. The molecule has 3 rings (SSSR count). The molecule has 0 saturated carbocycles. The van der Waals surface area contributed by atoms with Crippen LogP contribution in [0.15, 0.2) is 24.8 Å². The van der Waals surface area contributed by atoms with Crippen LogP contribution in [-0.2, 0) is 4.79 Å². The first-order chi connectivity index (χ1) is 12.3. The lowest BCUT2D eigenvalue weighted by Crippen LogP contribution is -2.48. The summed E-state index contributed by atoms with van der Waals surface area (Å²) in [6.07, 6.45) is 4.56. The maximum Gasteiger partial charge on any atom is 0.245 e. The van der Waals surface area contributed by atoms with E-state index in [-0.39, 0.29) is 11.9 Å². The van der Waals surface area contributed by atoms with Gasteiger partial charge in [-0.2, -0.15) is 4.98 Å². The highest BCUT2D eigenvalue weighted by atomic mass is 35.5. The normalized spacial score (nSPS) is 11.5. The largest absolute Gasteiger partial charge is 0.354 e. The van der Waals surface area contributed by atoms with Crippen molar-refractivity contribution in [1.82, 2.24) is 29.9 Å². The average Bonchev–Trinajstić information content (AvgIpc) is 2.91. The van der Waals surface area contributed by atoms with Gasteiger partial charge in [0.25, 0.3) is 0 Å². The number of nitrogens with zero attached hydrogens (tertiary/aromatic N) is 5. The molecule has 136 valence electrons. The van der Waals surface area contributed by atoms with Gasteiger partial charge in [0.15, 0.2) is 11.5 Å². The second-order valence-electron chi connectivity index (χ2n) is 6.22. The Bertz CT molecular complexity index is 968. The highest BCUT2D eigenvalue weighted by molar-refractivity contribution is 6.31. The highest BCUT2D eigenvalue weighted by Gasteiger charge is 2.28. The average molecular weight is 375 g/mol. The summed E-state index contributed by atoms with van der Waals surface area (Å²) in [5.74, 6) is 6.47. The number of hydrogen-bond acceptors (Lipinski definition) is 7. The Labute approximate surface area is 155 Å². The van der Waals surface area contributed by atoms with Crippen molar-refractivity contribution in [1.29, 1.82) is 0 Å². The van der Waals surface area contributed by atoms with E-state index < -0.39 is 5.54 Å². The number of aromatic nitrogens is 5. The van der Waals surface area contributed by atoms with E-state index in [1.807, 2.05) is 6.92 Å². The standard InChI is InChI=1S/C16H19ClN8O/c1-4-19-14(26)16(2,3)24-15-22-8-21-12(23-15)11-7-25(18)13-10(11)5-9(17)6-20-13/h5-8H,4,18H2,1-3H3,(H,19,26)(H,21,22,23,24). The fourth-order valence-corrected chi connectivity index (χ4v) is 2.65. The van der Waals surface area contributed by atoms with Crippen molar-refractivity contribution in [2.75, 3.05) is 17.7 Å². The molecule has 0 spiro atoms. The third-order valence-electron chi connectivity index (χ3n) is 3.78. The number of nitrogen functional groups attached to an aromatic ring is 1. The Hall–Kier alpha value is -2.94. The summed E-state index contributed by atoms with van der Waals surface area (Å²) in [5.41, 5.74) is 0.335.